The minimum atomic E-state index is -0.0992. The van der Waals surface area contributed by atoms with Crippen LogP contribution in [-0.4, -0.2) is 26.2 Å². The first-order chi connectivity index (χ1) is 15.8. The van der Waals surface area contributed by atoms with Crippen LogP contribution in [0.2, 0.25) is 5.02 Å². The van der Waals surface area contributed by atoms with Crippen molar-refractivity contribution < 1.29 is 14.3 Å². The van der Waals surface area contributed by atoms with Crippen LogP contribution in [0, 0.1) is 11.3 Å². The van der Waals surface area contributed by atoms with Gasteiger partial charge in [-0.1, -0.05) is 43.6 Å². The number of carbonyl (C=O) groups excluding carboxylic acids is 1. The molecule has 0 saturated carbocycles. The number of Topliss-reactive ketones (excluding diaryl/α,β-unsaturated/α-hetero) is 1. The topological polar surface area (TPSA) is 71.6 Å². The number of carbonyl (C=O) groups is 1. The van der Waals surface area contributed by atoms with Crippen molar-refractivity contribution in [3.8, 4) is 11.5 Å². The minimum Gasteiger partial charge on any atom is -0.493 e. The molecule has 0 aromatic heterocycles. The van der Waals surface area contributed by atoms with E-state index in [1.54, 1.807) is 14.2 Å². The van der Waals surface area contributed by atoms with Gasteiger partial charge in [-0.2, -0.15) is 0 Å². The Balaban J connectivity index is 1.66. The van der Waals surface area contributed by atoms with Gasteiger partial charge in [0.1, 0.15) is 0 Å². The molecule has 3 N–H and O–H groups in total. The maximum atomic E-state index is 13.6. The largest absolute Gasteiger partial charge is 0.493 e. The Hall–Kier alpha value is -2.54. The van der Waals surface area contributed by atoms with E-state index in [-0.39, 0.29) is 35.2 Å². The summed E-state index contributed by atoms with van der Waals surface area (Å²) in [7, 11) is 3.27. The van der Waals surface area contributed by atoms with Crippen LogP contribution in [0.4, 0.5) is 0 Å². The molecule has 5 rings (SSSR count). The van der Waals surface area contributed by atoms with Gasteiger partial charge in [-0.15, -0.1) is 0 Å². The van der Waals surface area contributed by atoms with E-state index in [1.165, 1.54) is 0 Å². The molecule has 6 nitrogen and oxygen atoms in total. The summed E-state index contributed by atoms with van der Waals surface area (Å²) >= 11 is 6.15. The van der Waals surface area contributed by atoms with Gasteiger partial charge < -0.3 is 14.8 Å². The van der Waals surface area contributed by atoms with Gasteiger partial charge in [0, 0.05) is 34.5 Å². The third-order valence-electron chi connectivity index (χ3n) is 7.11. The smallest absolute Gasteiger partial charge is 0.161 e. The second-order valence-corrected chi connectivity index (χ2v) is 10.4. The lowest BCUT2D eigenvalue weighted by Crippen LogP contribution is -2.51. The van der Waals surface area contributed by atoms with Crippen LogP contribution in [0.5, 0.6) is 11.5 Å². The lowest BCUT2D eigenvalue weighted by Gasteiger charge is -2.44. The predicted molar refractivity (Wildman–Crippen MR) is 128 cm³/mol. The van der Waals surface area contributed by atoms with Gasteiger partial charge in [0.15, 0.2) is 17.3 Å². The first-order valence-corrected chi connectivity index (χ1v) is 11.7. The van der Waals surface area contributed by atoms with Crippen molar-refractivity contribution in [2.24, 2.45) is 11.3 Å². The molecular weight excluding hydrogens is 438 g/mol. The zero-order chi connectivity index (χ0) is 23.3. The first-order valence-electron chi connectivity index (χ1n) is 11.3. The number of nitrogens with one attached hydrogen (secondary N) is 3. The highest BCUT2D eigenvalue weighted by atomic mass is 35.5. The molecule has 2 aliphatic heterocycles. The highest BCUT2D eigenvalue weighted by molar-refractivity contribution is 6.30. The fourth-order valence-corrected chi connectivity index (χ4v) is 5.82. The Morgan fingerprint density at radius 2 is 1.64 bits per heavy atom. The van der Waals surface area contributed by atoms with Crippen molar-refractivity contribution in [1.29, 1.82) is 0 Å². The van der Waals surface area contributed by atoms with Crippen molar-refractivity contribution in [2.45, 2.75) is 44.8 Å². The van der Waals surface area contributed by atoms with Crippen molar-refractivity contribution in [2.75, 3.05) is 14.2 Å². The fourth-order valence-electron chi connectivity index (χ4n) is 5.70. The number of ether oxygens (including phenoxy) is 2. The van der Waals surface area contributed by atoms with Gasteiger partial charge >= 0.3 is 0 Å². The number of hydrogen-bond acceptors (Lipinski definition) is 6. The number of halogens is 1. The SMILES string of the molecule is COc1ccc(C2C3=C(CC(C)(C)CC3=O)NC3NNC(c4ccc(Cl)cc4)C32)cc1OC. The Morgan fingerprint density at radius 1 is 0.939 bits per heavy atom. The van der Waals surface area contributed by atoms with Gasteiger partial charge in [0.2, 0.25) is 0 Å². The Labute approximate surface area is 199 Å². The minimum absolute atomic E-state index is 0.00495. The quantitative estimate of drug-likeness (QED) is 0.616. The molecule has 4 atom stereocenters. The number of fused-ring (bicyclic) bond motifs is 1. The maximum Gasteiger partial charge on any atom is 0.161 e. The molecule has 2 aromatic rings. The molecule has 1 fully saturated rings. The molecule has 2 aromatic carbocycles. The standard InChI is InChI=1S/C26H30ClN3O3/c1-26(2)12-17-22(18(31)13-26)21(15-7-10-19(32-3)20(11-15)33-4)23-24(29-30-25(23)28-17)14-5-8-16(27)9-6-14/h5-11,21,23-25,28-30H,12-13H2,1-4H3. The van der Waals surface area contributed by atoms with Gasteiger partial charge in [-0.25, -0.2) is 10.9 Å². The summed E-state index contributed by atoms with van der Waals surface area (Å²) in [5, 5.41) is 4.37. The van der Waals surface area contributed by atoms with E-state index < -0.39 is 0 Å². The molecule has 0 amide bonds. The zero-order valence-corrected chi connectivity index (χ0v) is 20.1. The third kappa shape index (κ3) is 3.90. The molecule has 1 saturated heterocycles. The summed E-state index contributed by atoms with van der Waals surface area (Å²) in [6.45, 7) is 4.31. The van der Waals surface area contributed by atoms with Gasteiger partial charge in [-0.3, -0.25) is 4.79 Å². The molecule has 33 heavy (non-hydrogen) atoms. The Kier molecular flexibility index (Phi) is 5.63. The second-order valence-electron chi connectivity index (χ2n) is 9.94. The number of hydrogen-bond donors (Lipinski definition) is 3. The van der Waals surface area contributed by atoms with Crippen LogP contribution in [-0.2, 0) is 4.79 Å². The summed E-state index contributed by atoms with van der Waals surface area (Å²) < 4.78 is 11.1. The monoisotopic (exact) mass is 467 g/mol. The van der Waals surface area contributed by atoms with E-state index in [0.29, 0.717) is 22.9 Å². The van der Waals surface area contributed by atoms with Crippen LogP contribution in [0.1, 0.15) is 49.8 Å². The highest BCUT2D eigenvalue weighted by Crippen LogP contribution is 2.52. The number of methoxy groups -OCH3 is 2. The van der Waals surface area contributed by atoms with Crippen LogP contribution in [0.3, 0.4) is 0 Å². The normalized spacial score (nSPS) is 28.1. The lowest BCUT2D eigenvalue weighted by atomic mass is 9.65. The van der Waals surface area contributed by atoms with Crippen LogP contribution in [0.15, 0.2) is 53.7 Å². The van der Waals surface area contributed by atoms with Crippen LogP contribution < -0.4 is 25.6 Å². The predicted octanol–water partition coefficient (Wildman–Crippen LogP) is 4.48. The average Bonchev–Trinajstić information content (AvgIpc) is 3.20. The second kappa shape index (κ2) is 8.35. The Morgan fingerprint density at radius 3 is 2.33 bits per heavy atom. The number of ketones is 1. The van der Waals surface area contributed by atoms with E-state index in [1.807, 2.05) is 36.4 Å². The van der Waals surface area contributed by atoms with Crippen LogP contribution in [0.25, 0.3) is 0 Å². The van der Waals surface area contributed by atoms with Crippen molar-refractivity contribution in [3.05, 3.63) is 69.9 Å². The molecule has 174 valence electrons. The number of allylic oxidation sites excluding steroid dienone is 2. The molecule has 3 aliphatic rings. The van der Waals surface area contributed by atoms with E-state index in [0.717, 1.165) is 28.8 Å². The lowest BCUT2D eigenvalue weighted by molar-refractivity contribution is -0.118. The van der Waals surface area contributed by atoms with Crippen LogP contribution >= 0.6 is 11.6 Å². The van der Waals surface area contributed by atoms with Crippen molar-refractivity contribution in [1.82, 2.24) is 16.2 Å². The number of hydrazine groups is 1. The highest BCUT2D eigenvalue weighted by Gasteiger charge is 2.51. The summed E-state index contributed by atoms with van der Waals surface area (Å²) in [5.41, 5.74) is 11.0. The van der Waals surface area contributed by atoms with Gasteiger partial charge in [0.25, 0.3) is 0 Å². The molecule has 0 bridgehead atoms. The van der Waals surface area contributed by atoms with Crippen molar-refractivity contribution >= 4 is 17.4 Å². The van der Waals surface area contributed by atoms with Gasteiger partial charge in [0.05, 0.1) is 26.4 Å². The molecule has 0 spiro atoms. The summed E-state index contributed by atoms with van der Waals surface area (Å²) in [5.74, 6) is 1.52. The molecule has 7 heteroatoms. The zero-order valence-electron chi connectivity index (χ0n) is 19.4. The van der Waals surface area contributed by atoms with Crippen molar-refractivity contribution in [3.63, 3.8) is 0 Å². The molecule has 4 unspecified atom stereocenters. The molecular formula is C26H30ClN3O3. The Bertz CT molecular complexity index is 1110. The van der Waals surface area contributed by atoms with E-state index in [4.69, 9.17) is 21.1 Å². The molecule has 2 heterocycles. The van der Waals surface area contributed by atoms with E-state index in [9.17, 15) is 4.79 Å². The molecule has 0 radical (unpaired) electrons. The summed E-state index contributed by atoms with van der Waals surface area (Å²) in [6.07, 6.45) is 1.36. The van der Waals surface area contributed by atoms with E-state index in [2.05, 4.69) is 36.1 Å². The van der Waals surface area contributed by atoms with Gasteiger partial charge in [-0.05, 0) is 47.2 Å². The first kappa shape index (κ1) is 22.3. The maximum absolute atomic E-state index is 13.6. The summed E-state index contributed by atoms with van der Waals surface area (Å²) in [6, 6.07) is 13.9. The number of benzene rings is 2. The summed E-state index contributed by atoms with van der Waals surface area (Å²) in [4.78, 5) is 13.6. The van der Waals surface area contributed by atoms with E-state index >= 15 is 0 Å². The average molecular weight is 468 g/mol. The molecule has 1 aliphatic carbocycles. The fraction of sp³-hybridized carbons (Fsp3) is 0.423. The number of rotatable bonds is 4. The third-order valence-corrected chi connectivity index (χ3v) is 7.36.